The molecule has 0 N–H and O–H groups in total. The normalized spacial score (nSPS) is 12.9. The molecule has 0 saturated carbocycles. The van der Waals surface area contributed by atoms with Crippen molar-refractivity contribution < 1.29 is 31.1 Å². The van der Waals surface area contributed by atoms with Gasteiger partial charge in [-0.15, -0.1) is 0 Å². The summed E-state index contributed by atoms with van der Waals surface area (Å²) in [5.74, 6) is -0.956. The van der Waals surface area contributed by atoms with Gasteiger partial charge < -0.3 is 4.90 Å². The number of halogens is 6. The lowest BCUT2D eigenvalue weighted by molar-refractivity contribution is -0.143. The summed E-state index contributed by atoms with van der Waals surface area (Å²) in [6.45, 7) is 3.22. The molecular weight excluding hydrogens is 572 g/mol. The smallest absolute Gasteiger partial charge is 0.329 e. The van der Waals surface area contributed by atoms with Crippen LogP contribution in [0, 0.1) is 0 Å². The molecule has 11 heteroatoms. The van der Waals surface area contributed by atoms with E-state index in [4.69, 9.17) is 4.98 Å². The molecule has 0 saturated heterocycles. The van der Waals surface area contributed by atoms with E-state index in [9.17, 15) is 35.9 Å². The molecule has 43 heavy (non-hydrogen) atoms. The Morgan fingerprint density at radius 1 is 0.837 bits per heavy atom. The zero-order valence-electron chi connectivity index (χ0n) is 23.0. The van der Waals surface area contributed by atoms with Crippen molar-refractivity contribution >= 4 is 27.6 Å². The van der Waals surface area contributed by atoms with Crippen LogP contribution in [0.2, 0.25) is 0 Å². The molecule has 222 valence electrons. The van der Waals surface area contributed by atoms with Crippen LogP contribution in [0.4, 0.5) is 26.3 Å². The van der Waals surface area contributed by atoms with Crippen LogP contribution in [0.25, 0.3) is 27.4 Å². The van der Waals surface area contributed by atoms with Crippen molar-refractivity contribution in [2.24, 2.45) is 0 Å². The number of aromatic nitrogens is 2. The second-order valence-corrected chi connectivity index (χ2v) is 10.1. The van der Waals surface area contributed by atoms with Crippen LogP contribution in [-0.2, 0) is 12.4 Å². The molecule has 0 bridgehead atoms. The molecule has 0 aliphatic rings. The van der Waals surface area contributed by atoms with Gasteiger partial charge >= 0.3 is 12.4 Å². The number of rotatable bonds is 6. The topological polar surface area (TPSA) is 55.2 Å². The number of carbonyl (C=O) groups is 1. The van der Waals surface area contributed by atoms with Crippen molar-refractivity contribution in [2.45, 2.75) is 38.7 Å². The van der Waals surface area contributed by atoms with E-state index in [1.165, 1.54) is 4.57 Å². The first-order chi connectivity index (χ1) is 20.3. The minimum Gasteiger partial charge on any atom is -0.329 e. The molecule has 0 aliphatic heterocycles. The second-order valence-electron chi connectivity index (χ2n) is 10.1. The molecule has 1 atom stereocenters. The van der Waals surface area contributed by atoms with Crippen molar-refractivity contribution in [3.05, 3.63) is 118 Å². The maximum atomic E-state index is 13.9. The molecule has 1 aromatic heterocycles. The Morgan fingerprint density at radius 2 is 1.44 bits per heavy atom. The summed E-state index contributed by atoms with van der Waals surface area (Å²) in [6.07, 6.45) is -9.91. The molecule has 1 amide bonds. The Labute approximate surface area is 242 Å². The predicted molar refractivity (Wildman–Crippen MR) is 151 cm³/mol. The Morgan fingerprint density at radius 3 is 2.07 bits per heavy atom. The average Bonchev–Trinajstić information content (AvgIpc) is 2.98. The molecule has 0 radical (unpaired) electrons. The van der Waals surface area contributed by atoms with E-state index >= 15 is 0 Å². The summed E-state index contributed by atoms with van der Waals surface area (Å²) in [4.78, 5) is 33.5. The van der Waals surface area contributed by atoms with Crippen molar-refractivity contribution in [2.75, 3.05) is 6.54 Å². The number of alkyl halides is 6. The highest BCUT2D eigenvalue weighted by atomic mass is 19.4. The highest BCUT2D eigenvalue weighted by Crippen LogP contribution is 2.37. The number of benzene rings is 4. The molecular formula is C32H25F6N3O2. The number of para-hydroxylation sites is 1. The van der Waals surface area contributed by atoms with Gasteiger partial charge in [0.15, 0.2) is 0 Å². The summed E-state index contributed by atoms with van der Waals surface area (Å²) in [6, 6.07) is 19.1. The molecule has 1 unspecified atom stereocenters. The van der Waals surface area contributed by atoms with Crippen molar-refractivity contribution in [3.8, 4) is 5.69 Å². The fourth-order valence-corrected chi connectivity index (χ4v) is 5.09. The van der Waals surface area contributed by atoms with Gasteiger partial charge in [0, 0.05) is 12.1 Å². The maximum Gasteiger partial charge on any atom is 0.416 e. The Bertz CT molecular complexity index is 1860. The standard InChI is InChI=1S/C32H25F6N3O2/c1-3-14-40(29(42)22-15-23(31(33,34)35)18-24(16-22)32(36,37)38)19(2)28-39-27-11-7-6-10-26(27)30(43)41(28)25-13-12-20-8-4-5-9-21(20)17-25/h4-13,15-19H,3,14H2,1-2H3. The van der Waals surface area contributed by atoms with E-state index in [0.29, 0.717) is 35.1 Å². The zero-order chi connectivity index (χ0) is 31.1. The number of fused-ring (bicyclic) bond motifs is 2. The van der Waals surface area contributed by atoms with Crippen LogP contribution in [0.5, 0.6) is 0 Å². The van der Waals surface area contributed by atoms with Gasteiger partial charge in [-0.3, -0.25) is 14.2 Å². The van der Waals surface area contributed by atoms with Crippen molar-refractivity contribution in [1.82, 2.24) is 14.5 Å². The average molecular weight is 598 g/mol. The molecule has 5 nitrogen and oxygen atoms in total. The largest absolute Gasteiger partial charge is 0.416 e. The number of amides is 1. The van der Waals surface area contributed by atoms with Gasteiger partial charge in [0.05, 0.1) is 33.8 Å². The molecule has 5 aromatic rings. The highest BCUT2D eigenvalue weighted by molar-refractivity contribution is 5.95. The van der Waals surface area contributed by atoms with Gasteiger partial charge in [-0.2, -0.15) is 26.3 Å². The van der Waals surface area contributed by atoms with Crippen LogP contribution < -0.4 is 5.56 Å². The van der Waals surface area contributed by atoms with Crippen molar-refractivity contribution in [3.63, 3.8) is 0 Å². The monoisotopic (exact) mass is 597 g/mol. The summed E-state index contributed by atoms with van der Waals surface area (Å²) < 4.78 is 82.8. The van der Waals surface area contributed by atoms with Gasteiger partial charge in [-0.25, -0.2) is 4.98 Å². The zero-order valence-corrected chi connectivity index (χ0v) is 23.0. The fourth-order valence-electron chi connectivity index (χ4n) is 5.09. The highest BCUT2D eigenvalue weighted by Gasteiger charge is 2.38. The first-order valence-corrected chi connectivity index (χ1v) is 13.4. The van der Waals surface area contributed by atoms with Crippen molar-refractivity contribution in [1.29, 1.82) is 0 Å². The Hall–Kier alpha value is -4.67. The summed E-state index contributed by atoms with van der Waals surface area (Å²) in [5, 5.41) is 2.03. The molecule has 0 fully saturated rings. The number of hydrogen-bond acceptors (Lipinski definition) is 3. The Balaban J connectivity index is 1.70. The molecule has 0 aliphatic carbocycles. The maximum absolute atomic E-state index is 13.9. The lowest BCUT2D eigenvalue weighted by atomic mass is 10.0. The lowest BCUT2D eigenvalue weighted by Gasteiger charge is -2.31. The van der Waals surface area contributed by atoms with E-state index < -0.39 is 46.6 Å². The second kappa shape index (κ2) is 11.2. The summed E-state index contributed by atoms with van der Waals surface area (Å²) in [5.41, 5.74) is -3.63. The third kappa shape index (κ3) is 5.84. The van der Waals surface area contributed by atoms with E-state index in [0.717, 1.165) is 15.7 Å². The van der Waals surface area contributed by atoms with Crippen LogP contribution in [0.1, 0.15) is 53.6 Å². The lowest BCUT2D eigenvalue weighted by Crippen LogP contribution is -2.38. The van der Waals surface area contributed by atoms with Crippen LogP contribution >= 0.6 is 0 Å². The number of hydrogen-bond donors (Lipinski definition) is 0. The van der Waals surface area contributed by atoms with Gasteiger partial charge in [0.25, 0.3) is 11.5 Å². The predicted octanol–water partition coefficient (Wildman–Crippen LogP) is 8.19. The fraction of sp³-hybridized carbons (Fsp3) is 0.219. The quantitative estimate of drug-likeness (QED) is 0.186. The third-order valence-corrected chi connectivity index (χ3v) is 7.19. The first kappa shape index (κ1) is 29.8. The van der Waals surface area contributed by atoms with Gasteiger partial charge in [-0.05, 0) is 66.6 Å². The third-order valence-electron chi connectivity index (χ3n) is 7.19. The first-order valence-electron chi connectivity index (χ1n) is 13.4. The van der Waals surface area contributed by atoms with E-state index in [-0.39, 0.29) is 18.4 Å². The minimum atomic E-state index is -5.12. The van der Waals surface area contributed by atoms with Crippen LogP contribution in [0.3, 0.4) is 0 Å². The minimum absolute atomic E-state index is 0.0212. The number of nitrogens with zero attached hydrogens (tertiary/aromatic N) is 3. The van der Waals surface area contributed by atoms with Crippen LogP contribution in [-0.4, -0.2) is 26.9 Å². The Kier molecular flexibility index (Phi) is 7.76. The summed E-state index contributed by atoms with van der Waals surface area (Å²) in [7, 11) is 0. The van der Waals surface area contributed by atoms with Gasteiger partial charge in [0.2, 0.25) is 0 Å². The van der Waals surface area contributed by atoms with E-state index in [2.05, 4.69) is 0 Å². The molecule has 1 heterocycles. The molecule has 0 spiro atoms. The van der Waals surface area contributed by atoms with E-state index in [1.54, 1.807) is 50.2 Å². The SMILES string of the molecule is CCCN(C(=O)c1cc(C(F)(F)F)cc(C(F)(F)F)c1)C(C)c1nc2ccccc2c(=O)n1-c1ccc2ccccc2c1. The van der Waals surface area contributed by atoms with Gasteiger partial charge in [0.1, 0.15) is 5.82 Å². The van der Waals surface area contributed by atoms with E-state index in [1.807, 2.05) is 30.3 Å². The number of carbonyl (C=O) groups excluding carboxylic acids is 1. The van der Waals surface area contributed by atoms with Gasteiger partial charge in [-0.1, -0.05) is 49.4 Å². The summed E-state index contributed by atoms with van der Waals surface area (Å²) >= 11 is 0. The molecule has 5 rings (SSSR count). The van der Waals surface area contributed by atoms with Crippen LogP contribution in [0.15, 0.2) is 89.7 Å². The molecule has 4 aromatic carbocycles.